The topological polar surface area (TPSA) is 25.8 Å². The van der Waals surface area contributed by atoms with Gasteiger partial charge in [-0.2, -0.15) is 0 Å². The number of nitrogens with zero attached hydrogens (tertiary/aromatic N) is 2. The third-order valence-electron chi connectivity index (χ3n) is 6.75. The maximum absolute atomic E-state index is 4.51. The van der Waals surface area contributed by atoms with Gasteiger partial charge in [0.25, 0.3) is 0 Å². The van der Waals surface area contributed by atoms with Gasteiger partial charge in [-0.05, 0) is 11.8 Å². The molecule has 0 N–H and O–H groups in total. The second kappa shape index (κ2) is 14.7. The van der Waals surface area contributed by atoms with Crippen LogP contribution in [0.3, 0.4) is 0 Å². The van der Waals surface area contributed by atoms with Gasteiger partial charge in [-0.3, -0.25) is 9.97 Å². The van der Waals surface area contributed by atoms with Crippen LogP contribution < -0.4 is 0 Å². The molecule has 0 saturated heterocycles. The zero-order valence-electron chi connectivity index (χ0n) is 22.8. The van der Waals surface area contributed by atoms with Crippen LogP contribution in [0, 0.1) is 0 Å². The van der Waals surface area contributed by atoms with Gasteiger partial charge < -0.3 is 0 Å². The van der Waals surface area contributed by atoms with E-state index in [1.54, 1.807) is 0 Å². The monoisotopic (exact) mass is 630 g/mol. The van der Waals surface area contributed by atoms with Gasteiger partial charge in [0.15, 0.2) is 0 Å². The Morgan fingerprint density at radius 2 is 0.872 bits per heavy atom. The van der Waals surface area contributed by atoms with E-state index in [4.69, 9.17) is 0 Å². The van der Waals surface area contributed by atoms with Gasteiger partial charge >= 0.3 is 26.2 Å². The van der Waals surface area contributed by atoms with Crippen LogP contribution in [0.5, 0.6) is 0 Å². The maximum atomic E-state index is 4.51. The molecular formula is C34H34Cl2N2Zr. The summed E-state index contributed by atoms with van der Waals surface area (Å²) in [5.74, 6) is 1.02. The smallest absolute Gasteiger partial charge is 0.272 e. The van der Waals surface area contributed by atoms with Crippen molar-refractivity contribution in [1.29, 1.82) is 0 Å². The third-order valence-corrected chi connectivity index (χ3v) is 6.75. The van der Waals surface area contributed by atoms with Gasteiger partial charge in [0, 0.05) is 23.8 Å². The molecule has 2 heterocycles. The SMILES string of the molecule is CC(C)c1cc2ccccc2[c-]1-c1ccccn1.CC(C)c1cc2ccccc2[c-]1-c1ccccn1.Cl.Cl.[Zr+2]. The van der Waals surface area contributed by atoms with E-state index in [1.807, 2.05) is 36.7 Å². The maximum Gasteiger partial charge on any atom is 2.00 e. The fraction of sp³-hybridized carbons (Fsp3) is 0.176. The van der Waals surface area contributed by atoms with Crippen molar-refractivity contribution in [2.24, 2.45) is 0 Å². The zero-order valence-corrected chi connectivity index (χ0v) is 26.8. The van der Waals surface area contributed by atoms with Crippen molar-refractivity contribution in [3.8, 4) is 22.5 Å². The molecular weight excluding hydrogens is 599 g/mol. The number of rotatable bonds is 4. The molecule has 0 saturated carbocycles. The van der Waals surface area contributed by atoms with Crippen molar-refractivity contribution in [3.05, 3.63) is 121 Å². The van der Waals surface area contributed by atoms with E-state index in [-0.39, 0.29) is 51.0 Å². The first-order valence-electron chi connectivity index (χ1n) is 12.7. The summed E-state index contributed by atoms with van der Waals surface area (Å²) in [5.41, 5.74) is 7.50. The minimum Gasteiger partial charge on any atom is -0.272 e. The average molecular weight is 633 g/mol. The van der Waals surface area contributed by atoms with Gasteiger partial charge in [0.1, 0.15) is 0 Å². The number of fused-ring (bicyclic) bond motifs is 2. The molecule has 0 aliphatic rings. The molecule has 0 unspecified atom stereocenters. The van der Waals surface area contributed by atoms with E-state index in [9.17, 15) is 0 Å². The minimum atomic E-state index is 0. The number of halogens is 2. The molecule has 2 aromatic heterocycles. The molecule has 0 atom stereocenters. The Hall–Kier alpha value is -2.58. The van der Waals surface area contributed by atoms with E-state index in [0.717, 1.165) is 11.4 Å². The van der Waals surface area contributed by atoms with Crippen molar-refractivity contribution >= 4 is 46.4 Å². The molecule has 4 aromatic carbocycles. The Morgan fingerprint density at radius 3 is 1.21 bits per heavy atom. The molecule has 0 bridgehead atoms. The second-order valence-electron chi connectivity index (χ2n) is 9.86. The summed E-state index contributed by atoms with van der Waals surface area (Å²) in [7, 11) is 0. The normalized spacial score (nSPS) is 10.4. The van der Waals surface area contributed by atoms with E-state index >= 15 is 0 Å². The summed E-state index contributed by atoms with van der Waals surface area (Å²) in [6.45, 7) is 8.95. The van der Waals surface area contributed by atoms with Gasteiger partial charge in [0.2, 0.25) is 0 Å². The van der Waals surface area contributed by atoms with Crippen LogP contribution in [0.15, 0.2) is 109 Å². The Balaban J connectivity index is 0.000000254. The number of pyridine rings is 2. The third kappa shape index (κ3) is 6.96. The molecule has 5 heteroatoms. The quantitative estimate of drug-likeness (QED) is 0.181. The summed E-state index contributed by atoms with van der Waals surface area (Å²) >= 11 is 0. The first kappa shape index (κ1) is 32.6. The Bertz CT molecular complexity index is 1460. The second-order valence-corrected chi connectivity index (χ2v) is 9.86. The van der Waals surface area contributed by atoms with E-state index in [1.165, 1.54) is 43.8 Å². The fourth-order valence-corrected chi connectivity index (χ4v) is 5.00. The van der Waals surface area contributed by atoms with E-state index in [0.29, 0.717) is 11.8 Å². The Morgan fingerprint density at radius 1 is 0.513 bits per heavy atom. The Labute approximate surface area is 263 Å². The van der Waals surface area contributed by atoms with Crippen molar-refractivity contribution in [2.75, 3.05) is 0 Å². The molecule has 0 spiro atoms. The minimum absolute atomic E-state index is 0. The summed E-state index contributed by atoms with van der Waals surface area (Å²) in [6.07, 6.45) is 3.72. The van der Waals surface area contributed by atoms with Gasteiger partial charge in [0.05, 0.1) is 0 Å². The van der Waals surface area contributed by atoms with Crippen LogP contribution in [0.4, 0.5) is 0 Å². The first-order valence-corrected chi connectivity index (χ1v) is 12.7. The number of hydrogen-bond donors (Lipinski definition) is 0. The van der Waals surface area contributed by atoms with E-state index < -0.39 is 0 Å². The molecule has 6 rings (SSSR count). The van der Waals surface area contributed by atoms with Crippen molar-refractivity contribution < 1.29 is 26.2 Å². The summed E-state index contributed by atoms with van der Waals surface area (Å²) in [6, 6.07) is 33.9. The molecule has 0 fully saturated rings. The molecule has 2 nitrogen and oxygen atoms in total. The molecule has 39 heavy (non-hydrogen) atoms. The Kier molecular flexibility index (Phi) is 12.3. The van der Waals surface area contributed by atoms with Crippen molar-refractivity contribution in [2.45, 2.75) is 39.5 Å². The number of benzene rings is 2. The molecule has 0 radical (unpaired) electrons. The molecule has 0 aliphatic heterocycles. The fourth-order valence-electron chi connectivity index (χ4n) is 5.00. The largest absolute Gasteiger partial charge is 2.00 e. The van der Waals surface area contributed by atoms with Crippen LogP contribution >= 0.6 is 24.8 Å². The number of hydrogen-bond acceptors (Lipinski definition) is 2. The molecule has 0 amide bonds. The van der Waals surface area contributed by atoms with Crippen LogP contribution in [0.25, 0.3) is 44.1 Å². The van der Waals surface area contributed by atoms with Crippen molar-refractivity contribution in [1.82, 2.24) is 9.97 Å². The zero-order chi connectivity index (χ0) is 25.1. The summed E-state index contributed by atoms with van der Waals surface area (Å²) < 4.78 is 0. The predicted octanol–water partition coefficient (Wildman–Crippen LogP) is 10.3. The summed E-state index contributed by atoms with van der Waals surface area (Å²) in [5, 5.41) is 5.23. The first-order chi connectivity index (χ1) is 17.5. The van der Waals surface area contributed by atoms with Gasteiger partial charge in [-0.1, -0.05) is 112 Å². The number of aromatic nitrogens is 2. The molecule has 198 valence electrons. The van der Waals surface area contributed by atoms with Crippen LogP contribution in [0.1, 0.15) is 50.7 Å². The van der Waals surface area contributed by atoms with Crippen LogP contribution in [-0.2, 0) is 26.2 Å². The van der Waals surface area contributed by atoms with Crippen LogP contribution in [0.2, 0.25) is 0 Å². The van der Waals surface area contributed by atoms with E-state index in [2.05, 4.69) is 110 Å². The molecule has 0 aliphatic carbocycles. The van der Waals surface area contributed by atoms with Crippen molar-refractivity contribution in [3.63, 3.8) is 0 Å². The van der Waals surface area contributed by atoms with Gasteiger partial charge in [-0.15, -0.1) is 81.8 Å². The summed E-state index contributed by atoms with van der Waals surface area (Å²) in [4.78, 5) is 9.03. The molecule has 6 aromatic rings. The van der Waals surface area contributed by atoms with Gasteiger partial charge in [-0.25, -0.2) is 0 Å². The standard InChI is InChI=1S/2C17H16N.2ClH.Zr/c2*1-12(2)15-11-13-7-3-4-8-14(13)17(15)16-9-5-6-10-18-16;;;/h2*3-12H,1-2H3;2*1H;/q2*-1;;;+2. The predicted molar refractivity (Wildman–Crippen MR) is 168 cm³/mol. The van der Waals surface area contributed by atoms with Crippen LogP contribution in [-0.4, -0.2) is 9.97 Å². The average Bonchev–Trinajstić information content (AvgIpc) is 3.50.